The number of ether oxygens (including phenoxy) is 1. The van der Waals surface area contributed by atoms with Crippen LogP contribution in [0.1, 0.15) is 31.5 Å². The molecule has 0 saturated heterocycles. The fraction of sp³-hybridized carbons (Fsp3) is 0.318. The lowest BCUT2D eigenvalue weighted by atomic mass is 10.2. The van der Waals surface area contributed by atoms with Crippen LogP contribution in [0.15, 0.2) is 53.3 Å². The normalized spacial score (nSPS) is 14.7. The summed E-state index contributed by atoms with van der Waals surface area (Å²) < 4.78 is 9.57. The van der Waals surface area contributed by atoms with E-state index in [0.717, 1.165) is 35.6 Å². The number of aromatic nitrogens is 4. The van der Waals surface area contributed by atoms with Crippen molar-refractivity contribution in [2.45, 2.75) is 38.3 Å². The van der Waals surface area contributed by atoms with Gasteiger partial charge in [0.2, 0.25) is 5.78 Å². The molecule has 5 rings (SSSR count). The Labute approximate surface area is 167 Å². The van der Waals surface area contributed by atoms with Gasteiger partial charge in [-0.1, -0.05) is 18.2 Å². The highest BCUT2D eigenvalue weighted by Crippen LogP contribution is 2.26. The highest BCUT2D eigenvalue weighted by molar-refractivity contribution is 5.80. The minimum Gasteiger partial charge on any atom is -0.490 e. The lowest BCUT2D eigenvalue weighted by Gasteiger charge is -2.14. The number of rotatable bonds is 5. The van der Waals surface area contributed by atoms with Gasteiger partial charge in [0.05, 0.1) is 23.6 Å². The molecular formula is C22H23N5O2. The number of hydrogen-bond donors (Lipinski definition) is 1. The van der Waals surface area contributed by atoms with Gasteiger partial charge in [-0.25, -0.2) is 0 Å². The Bertz CT molecular complexity index is 1240. The average Bonchev–Trinajstić information content (AvgIpc) is 3.41. The minimum atomic E-state index is -0.0724. The summed E-state index contributed by atoms with van der Waals surface area (Å²) in [5, 5.41) is 12.6. The van der Waals surface area contributed by atoms with Gasteiger partial charge < -0.3 is 10.1 Å². The smallest absolute Gasteiger partial charge is 0.262 e. The third-order valence-electron chi connectivity index (χ3n) is 5.58. The molecule has 2 heterocycles. The Morgan fingerprint density at radius 2 is 1.93 bits per heavy atom. The van der Waals surface area contributed by atoms with Crippen LogP contribution in [0.4, 0.5) is 5.69 Å². The monoisotopic (exact) mass is 389 g/mol. The number of hydrogen-bond acceptors (Lipinski definition) is 5. The molecule has 0 amide bonds. The fourth-order valence-corrected chi connectivity index (χ4v) is 4.07. The Morgan fingerprint density at radius 3 is 2.79 bits per heavy atom. The Morgan fingerprint density at radius 1 is 1.10 bits per heavy atom. The van der Waals surface area contributed by atoms with Gasteiger partial charge in [-0.05, 0) is 49.9 Å². The molecule has 0 bridgehead atoms. The van der Waals surface area contributed by atoms with Gasteiger partial charge in [-0.2, -0.15) is 0 Å². The van der Waals surface area contributed by atoms with Crippen molar-refractivity contribution in [2.24, 2.45) is 7.05 Å². The molecule has 0 unspecified atom stereocenters. The number of nitrogens with zero attached hydrogens (tertiary/aromatic N) is 4. The average molecular weight is 389 g/mol. The first-order chi connectivity index (χ1) is 14.2. The van der Waals surface area contributed by atoms with Crippen LogP contribution in [-0.2, 0) is 13.6 Å². The molecule has 4 aromatic rings. The van der Waals surface area contributed by atoms with Crippen molar-refractivity contribution < 1.29 is 4.74 Å². The molecule has 7 heteroatoms. The van der Waals surface area contributed by atoms with Crippen LogP contribution >= 0.6 is 0 Å². The second-order valence-electron chi connectivity index (χ2n) is 7.54. The molecule has 1 saturated carbocycles. The van der Waals surface area contributed by atoms with Crippen molar-refractivity contribution in [2.75, 3.05) is 5.32 Å². The first-order valence-corrected chi connectivity index (χ1v) is 10.0. The minimum absolute atomic E-state index is 0.0724. The summed E-state index contributed by atoms with van der Waals surface area (Å²) in [6.07, 6.45) is 5.10. The van der Waals surface area contributed by atoms with Crippen molar-refractivity contribution in [3.63, 3.8) is 0 Å². The SMILES string of the molecule is Cn1c(=O)c2ccccc2n2c(CNc3cccc(OC4CCCC4)c3)nnc12. The first-order valence-electron chi connectivity index (χ1n) is 10.0. The maximum Gasteiger partial charge on any atom is 0.262 e. The predicted octanol–water partition coefficient (Wildman–Crippen LogP) is 3.51. The maximum atomic E-state index is 12.6. The molecule has 29 heavy (non-hydrogen) atoms. The second-order valence-corrected chi connectivity index (χ2v) is 7.54. The Balaban J connectivity index is 1.44. The molecule has 7 nitrogen and oxygen atoms in total. The number of nitrogens with one attached hydrogen (secondary N) is 1. The van der Waals surface area contributed by atoms with Crippen molar-refractivity contribution in [1.82, 2.24) is 19.2 Å². The fourth-order valence-electron chi connectivity index (χ4n) is 4.07. The van der Waals surface area contributed by atoms with E-state index in [9.17, 15) is 4.79 Å². The van der Waals surface area contributed by atoms with Gasteiger partial charge in [0.1, 0.15) is 5.75 Å². The quantitative estimate of drug-likeness (QED) is 0.565. The third kappa shape index (κ3) is 3.22. The van der Waals surface area contributed by atoms with E-state index < -0.39 is 0 Å². The van der Waals surface area contributed by atoms with E-state index in [4.69, 9.17) is 4.74 Å². The van der Waals surface area contributed by atoms with E-state index in [1.54, 1.807) is 7.05 Å². The largest absolute Gasteiger partial charge is 0.490 e. The van der Waals surface area contributed by atoms with Crippen LogP contribution in [0.3, 0.4) is 0 Å². The molecule has 0 aliphatic heterocycles. The molecule has 0 radical (unpaired) electrons. The first kappa shape index (κ1) is 17.7. The van der Waals surface area contributed by atoms with Crippen LogP contribution < -0.4 is 15.6 Å². The number of aryl methyl sites for hydroxylation is 1. The third-order valence-corrected chi connectivity index (χ3v) is 5.58. The highest BCUT2D eigenvalue weighted by atomic mass is 16.5. The summed E-state index contributed by atoms with van der Waals surface area (Å²) in [5.41, 5.74) is 1.70. The predicted molar refractivity (Wildman–Crippen MR) is 112 cm³/mol. The topological polar surface area (TPSA) is 73.5 Å². The standard InChI is InChI=1S/C22H23N5O2/c1-26-21(28)18-11-4-5-12-19(18)27-20(24-25-22(26)27)14-23-15-7-6-10-17(13-15)29-16-8-2-3-9-16/h4-7,10-13,16,23H,2-3,8-9,14H2,1H3. The van der Waals surface area contributed by atoms with E-state index in [2.05, 4.69) is 15.5 Å². The zero-order valence-electron chi connectivity index (χ0n) is 16.3. The van der Waals surface area contributed by atoms with Gasteiger partial charge >= 0.3 is 0 Å². The van der Waals surface area contributed by atoms with Crippen LogP contribution in [0.2, 0.25) is 0 Å². The zero-order valence-corrected chi connectivity index (χ0v) is 16.3. The van der Waals surface area contributed by atoms with Crippen molar-refractivity contribution in [3.8, 4) is 5.75 Å². The molecule has 1 N–H and O–H groups in total. The number of fused-ring (bicyclic) bond motifs is 3. The molecular weight excluding hydrogens is 366 g/mol. The van der Waals surface area contributed by atoms with E-state index in [-0.39, 0.29) is 5.56 Å². The van der Waals surface area contributed by atoms with Crippen LogP contribution in [0.25, 0.3) is 16.7 Å². The molecule has 0 spiro atoms. The summed E-state index contributed by atoms with van der Waals surface area (Å²) in [4.78, 5) is 12.6. The number of benzene rings is 2. The number of anilines is 1. The number of para-hydroxylation sites is 1. The summed E-state index contributed by atoms with van der Waals surface area (Å²) in [7, 11) is 1.72. The maximum absolute atomic E-state index is 12.6. The van der Waals surface area contributed by atoms with Crippen LogP contribution in [-0.4, -0.2) is 25.3 Å². The van der Waals surface area contributed by atoms with Crippen LogP contribution in [0.5, 0.6) is 5.75 Å². The van der Waals surface area contributed by atoms with Crippen LogP contribution in [0, 0.1) is 0 Å². The van der Waals surface area contributed by atoms with Gasteiger partial charge in [0, 0.05) is 18.8 Å². The van der Waals surface area contributed by atoms with E-state index in [1.807, 2.05) is 52.9 Å². The Kier molecular flexibility index (Phi) is 4.42. The van der Waals surface area contributed by atoms with Crippen molar-refractivity contribution in [1.29, 1.82) is 0 Å². The van der Waals surface area contributed by atoms with Gasteiger partial charge in [0.15, 0.2) is 5.82 Å². The lowest BCUT2D eigenvalue weighted by molar-refractivity contribution is 0.210. The molecule has 0 atom stereocenters. The van der Waals surface area contributed by atoms with Gasteiger partial charge in [-0.15, -0.1) is 10.2 Å². The molecule has 1 fully saturated rings. The molecule has 1 aliphatic rings. The van der Waals surface area contributed by atoms with E-state index >= 15 is 0 Å². The molecule has 2 aromatic carbocycles. The summed E-state index contributed by atoms with van der Waals surface area (Å²) in [6.45, 7) is 0.482. The van der Waals surface area contributed by atoms with Crippen molar-refractivity contribution >= 4 is 22.4 Å². The lowest BCUT2D eigenvalue weighted by Crippen LogP contribution is -2.20. The summed E-state index contributed by atoms with van der Waals surface area (Å²) in [6, 6.07) is 15.6. The molecule has 2 aromatic heterocycles. The van der Waals surface area contributed by atoms with Crippen molar-refractivity contribution in [3.05, 3.63) is 64.7 Å². The zero-order chi connectivity index (χ0) is 19.8. The molecule has 1 aliphatic carbocycles. The summed E-state index contributed by atoms with van der Waals surface area (Å²) >= 11 is 0. The Hall–Kier alpha value is -3.35. The van der Waals surface area contributed by atoms with E-state index in [1.165, 1.54) is 17.4 Å². The second kappa shape index (κ2) is 7.24. The van der Waals surface area contributed by atoms with Gasteiger partial charge in [0.25, 0.3) is 5.56 Å². The van der Waals surface area contributed by atoms with E-state index in [0.29, 0.717) is 23.8 Å². The summed E-state index contributed by atoms with van der Waals surface area (Å²) in [5.74, 6) is 2.17. The molecule has 148 valence electrons. The van der Waals surface area contributed by atoms with Gasteiger partial charge in [-0.3, -0.25) is 13.8 Å². The highest BCUT2D eigenvalue weighted by Gasteiger charge is 2.17.